The minimum absolute atomic E-state index is 0.235. The Labute approximate surface area is 158 Å². The molecule has 5 nitrogen and oxygen atoms in total. The van der Waals surface area contributed by atoms with E-state index in [2.05, 4.69) is 22.4 Å². The summed E-state index contributed by atoms with van der Waals surface area (Å²) in [6, 6.07) is 11.4. The van der Waals surface area contributed by atoms with Crippen LogP contribution in [-0.4, -0.2) is 36.5 Å². The molecule has 0 spiro atoms. The van der Waals surface area contributed by atoms with Crippen LogP contribution in [0.25, 0.3) is 0 Å². The maximum absolute atomic E-state index is 12.6. The molecule has 0 atom stereocenters. The number of pyridine rings is 1. The SMILES string of the molecule is COCCOc1ncccc1C(=O)Nc1ccc(SC2CCCC2)cc1. The summed E-state index contributed by atoms with van der Waals surface area (Å²) in [4.78, 5) is 18.0. The van der Waals surface area contributed by atoms with Crippen LogP contribution in [0, 0.1) is 0 Å². The number of carbonyl (C=O) groups excluding carboxylic acids is 1. The second kappa shape index (κ2) is 9.59. The number of nitrogens with zero attached hydrogens (tertiary/aromatic N) is 1. The third-order valence-electron chi connectivity index (χ3n) is 4.26. The molecule has 1 heterocycles. The summed E-state index contributed by atoms with van der Waals surface area (Å²) in [5.74, 6) is 0.0807. The summed E-state index contributed by atoms with van der Waals surface area (Å²) < 4.78 is 10.5. The van der Waals surface area contributed by atoms with Crippen molar-refractivity contribution in [1.82, 2.24) is 4.98 Å². The molecule has 3 rings (SSSR count). The molecule has 1 aliphatic rings. The van der Waals surface area contributed by atoms with Gasteiger partial charge in [-0.3, -0.25) is 4.79 Å². The Morgan fingerprint density at radius 3 is 2.69 bits per heavy atom. The fourth-order valence-electron chi connectivity index (χ4n) is 2.91. The highest BCUT2D eigenvalue weighted by atomic mass is 32.2. The zero-order chi connectivity index (χ0) is 18.2. The summed E-state index contributed by atoms with van der Waals surface area (Å²) in [5, 5.41) is 3.64. The number of thioether (sulfide) groups is 1. The van der Waals surface area contributed by atoms with Crippen LogP contribution < -0.4 is 10.1 Å². The molecule has 0 unspecified atom stereocenters. The van der Waals surface area contributed by atoms with Crippen molar-refractivity contribution in [3.05, 3.63) is 48.2 Å². The fourth-order valence-corrected chi connectivity index (χ4v) is 4.16. The van der Waals surface area contributed by atoms with Crippen LogP contribution in [0.15, 0.2) is 47.5 Å². The Hall–Kier alpha value is -2.05. The van der Waals surface area contributed by atoms with Gasteiger partial charge in [-0.1, -0.05) is 12.8 Å². The lowest BCUT2D eigenvalue weighted by Gasteiger charge is -2.11. The summed E-state index contributed by atoms with van der Waals surface area (Å²) in [5.41, 5.74) is 1.17. The van der Waals surface area contributed by atoms with Gasteiger partial charge >= 0.3 is 0 Å². The molecule has 0 bridgehead atoms. The number of hydrogen-bond acceptors (Lipinski definition) is 5. The number of methoxy groups -OCH3 is 1. The van der Waals surface area contributed by atoms with Crippen LogP contribution in [0.5, 0.6) is 5.88 Å². The summed E-state index contributed by atoms with van der Waals surface area (Å²) >= 11 is 1.93. The lowest BCUT2D eigenvalue weighted by atomic mass is 10.2. The van der Waals surface area contributed by atoms with Gasteiger partial charge in [-0.05, 0) is 49.2 Å². The second-order valence-electron chi connectivity index (χ2n) is 6.20. The molecular weight excluding hydrogens is 348 g/mol. The molecule has 138 valence electrons. The first-order valence-electron chi connectivity index (χ1n) is 8.91. The van der Waals surface area contributed by atoms with E-state index >= 15 is 0 Å². The minimum atomic E-state index is -0.235. The van der Waals surface area contributed by atoms with E-state index in [1.807, 2.05) is 23.9 Å². The molecule has 0 saturated heterocycles. The van der Waals surface area contributed by atoms with Crippen molar-refractivity contribution in [2.75, 3.05) is 25.6 Å². The van der Waals surface area contributed by atoms with Crippen molar-refractivity contribution in [2.24, 2.45) is 0 Å². The summed E-state index contributed by atoms with van der Waals surface area (Å²) in [6.45, 7) is 0.790. The monoisotopic (exact) mass is 372 g/mol. The molecular formula is C20H24N2O3S. The Kier molecular flexibility index (Phi) is 6.91. The van der Waals surface area contributed by atoms with Crippen molar-refractivity contribution >= 4 is 23.4 Å². The van der Waals surface area contributed by atoms with E-state index in [-0.39, 0.29) is 5.91 Å². The molecule has 1 aromatic heterocycles. The zero-order valence-electron chi connectivity index (χ0n) is 14.9. The molecule has 0 radical (unpaired) electrons. The van der Waals surface area contributed by atoms with Crippen LogP contribution in [0.4, 0.5) is 5.69 Å². The van der Waals surface area contributed by atoms with Gasteiger partial charge in [-0.15, -0.1) is 11.8 Å². The molecule has 1 amide bonds. The van der Waals surface area contributed by atoms with E-state index in [0.29, 0.717) is 24.7 Å². The normalized spacial score (nSPS) is 14.3. The van der Waals surface area contributed by atoms with Gasteiger partial charge in [-0.2, -0.15) is 0 Å². The molecule has 1 aliphatic carbocycles. The Morgan fingerprint density at radius 1 is 1.19 bits per heavy atom. The van der Waals surface area contributed by atoms with Gasteiger partial charge in [0, 0.05) is 29.1 Å². The van der Waals surface area contributed by atoms with Crippen molar-refractivity contribution in [2.45, 2.75) is 35.8 Å². The zero-order valence-corrected chi connectivity index (χ0v) is 15.8. The van der Waals surface area contributed by atoms with Crippen molar-refractivity contribution in [3.8, 4) is 5.88 Å². The number of benzene rings is 1. The van der Waals surface area contributed by atoms with Crippen LogP contribution >= 0.6 is 11.8 Å². The molecule has 2 aromatic rings. The van der Waals surface area contributed by atoms with Crippen molar-refractivity contribution in [1.29, 1.82) is 0 Å². The third kappa shape index (κ3) is 5.22. The van der Waals surface area contributed by atoms with E-state index in [9.17, 15) is 4.79 Å². The van der Waals surface area contributed by atoms with Gasteiger partial charge in [0.2, 0.25) is 5.88 Å². The number of anilines is 1. The average Bonchev–Trinajstić information content (AvgIpc) is 3.17. The van der Waals surface area contributed by atoms with E-state index in [1.165, 1.54) is 30.6 Å². The highest BCUT2D eigenvalue weighted by molar-refractivity contribution is 8.00. The van der Waals surface area contributed by atoms with Gasteiger partial charge in [0.25, 0.3) is 5.91 Å². The number of hydrogen-bond donors (Lipinski definition) is 1. The fraction of sp³-hybridized carbons (Fsp3) is 0.400. The molecule has 1 saturated carbocycles. The predicted molar refractivity (Wildman–Crippen MR) is 104 cm³/mol. The minimum Gasteiger partial charge on any atom is -0.475 e. The molecule has 1 fully saturated rings. The van der Waals surface area contributed by atoms with E-state index in [1.54, 1.807) is 25.4 Å². The van der Waals surface area contributed by atoms with Crippen molar-refractivity contribution < 1.29 is 14.3 Å². The number of ether oxygens (including phenoxy) is 2. The summed E-state index contributed by atoms with van der Waals surface area (Å²) in [7, 11) is 1.60. The van der Waals surface area contributed by atoms with Crippen molar-refractivity contribution in [3.63, 3.8) is 0 Å². The highest BCUT2D eigenvalue weighted by Crippen LogP contribution is 2.35. The molecule has 1 aromatic carbocycles. The van der Waals surface area contributed by atoms with Gasteiger partial charge in [0.15, 0.2) is 0 Å². The molecule has 0 aliphatic heterocycles. The lowest BCUT2D eigenvalue weighted by Crippen LogP contribution is -2.15. The smallest absolute Gasteiger partial charge is 0.261 e. The molecule has 26 heavy (non-hydrogen) atoms. The van der Waals surface area contributed by atoms with E-state index in [4.69, 9.17) is 9.47 Å². The average molecular weight is 372 g/mol. The topological polar surface area (TPSA) is 60.5 Å². The van der Waals surface area contributed by atoms with Crippen LogP contribution in [-0.2, 0) is 4.74 Å². The van der Waals surface area contributed by atoms with Gasteiger partial charge in [0.1, 0.15) is 12.2 Å². The first-order valence-corrected chi connectivity index (χ1v) is 9.79. The number of amides is 1. The van der Waals surface area contributed by atoms with Crippen LogP contribution in [0.1, 0.15) is 36.0 Å². The first-order chi connectivity index (χ1) is 12.8. The third-order valence-corrected chi connectivity index (χ3v) is 5.61. The van der Waals surface area contributed by atoms with Gasteiger partial charge in [0.05, 0.1) is 6.61 Å². The number of carbonyl (C=O) groups is 1. The quantitative estimate of drug-likeness (QED) is 0.696. The largest absolute Gasteiger partial charge is 0.475 e. The van der Waals surface area contributed by atoms with E-state index < -0.39 is 0 Å². The highest BCUT2D eigenvalue weighted by Gasteiger charge is 2.16. The maximum atomic E-state index is 12.6. The Bertz CT molecular complexity index is 715. The Balaban J connectivity index is 1.60. The summed E-state index contributed by atoms with van der Waals surface area (Å²) in [6.07, 6.45) is 6.89. The van der Waals surface area contributed by atoms with Gasteiger partial charge < -0.3 is 14.8 Å². The number of aromatic nitrogens is 1. The number of nitrogens with one attached hydrogen (secondary N) is 1. The second-order valence-corrected chi connectivity index (χ2v) is 7.57. The van der Waals surface area contributed by atoms with Crippen LogP contribution in [0.2, 0.25) is 0 Å². The van der Waals surface area contributed by atoms with E-state index in [0.717, 1.165) is 10.9 Å². The lowest BCUT2D eigenvalue weighted by molar-refractivity contribution is 0.101. The molecule has 1 N–H and O–H groups in total. The van der Waals surface area contributed by atoms with Crippen LogP contribution in [0.3, 0.4) is 0 Å². The maximum Gasteiger partial charge on any atom is 0.261 e. The van der Waals surface area contributed by atoms with Gasteiger partial charge in [-0.25, -0.2) is 4.98 Å². The Morgan fingerprint density at radius 2 is 1.96 bits per heavy atom. The standard InChI is InChI=1S/C20H24N2O3S/c1-24-13-14-25-20-18(7-4-12-21-20)19(23)22-15-8-10-17(11-9-15)26-16-5-2-3-6-16/h4,7-12,16H,2-3,5-6,13-14H2,1H3,(H,22,23). The first kappa shape index (κ1) is 18.7. The number of rotatable bonds is 8. The predicted octanol–water partition coefficient (Wildman–Crippen LogP) is 4.39. The molecule has 6 heteroatoms.